The Kier molecular flexibility index (Phi) is 6.21. The van der Waals surface area contributed by atoms with Crippen molar-refractivity contribution in [1.29, 1.82) is 0 Å². The van der Waals surface area contributed by atoms with Crippen LogP contribution in [0.3, 0.4) is 0 Å². The van der Waals surface area contributed by atoms with Crippen LogP contribution in [0.1, 0.15) is 34.1 Å². The van der Waals surface area contributed by atoms with Crippen LogP contribution in [0.2, 0.25) is 0 Å². The van der Waals surface area contributed by atoms with E-state index in [0.717, 1.165) is 6.42 Å². The molecular weight excluding hydrogens is 158 g/mol. The van der Waals surface area contributed by atoms with E-state index < -0.39 is 0 Å². The van der Waals surface area contributed by atoms with Crippen LogP contribution in [0, 0.1) is 11.8 Å². The molecular formula is C12H21N. The largest absolute Gasteiger partial charge is 0.269 e. The summed E-state index contributed by atoms with van der Waals surface area (Å²) < 4.78 is 0. The van der Waals surface area contributed by atoms with E-state index in [1.165, 1.54) is 5.57 Å². The van der Waals surface area contributed by atoms with Crippen LogP contribution in [0.15, 0.2) is 29.4 Å². The minimum Gasteiger partial charge on any atom is -0.269 e. The minimum atomic E-state index is 0.542. The number of allylic oxidation sites excluding steroid dienone is 2. The molecule has 1 unspecified atom stereocenters. The molecule has 74 valence electrons. The van der Waals surface area contributed by atoms with E-state index in [1.54, 1.807) is 0 Å². The molecule has 0 aromatic heterocycles. The molecule has 0 radical (unpaired) electrons. The zero-order valence-electron chi connectivity index (χ0n) is 9.25. The summed E-state index contributed by atoms with van der Waals surface area (Å²) in [5, 5.41) is 0. The Morgan fingerprint density at radius 3 is 2.38 bits per heavy atom. The van der Waals surface area contributed by atoms with Gasteiger partial charge in [0.2, 0.25) is 0 Å². The van der Waals surface area contributed by atoms with Crippen LogP contribution in [-0.2, 0) is 0 Å². The van der Waals surface area contributed by atoms with E-state index in [2.05, 4.69) is 32.3 Å². The van der Waals surface area contributed by atoms with Gasteiger partial charge >= 0.3 is 0 Å². The molecule has 0 aromatic carbocycles. The van der Waals surface area contributed by atoms with E-state index in [-0.39, 0.29) is 0 Å². The van der Waals surface area contributed by atoms with Crippen molar-refractivity contribution in [3.8, 4) is 0 Å². The smallest absolute Gasteiger partial charge is 0.0258 e. The van der Waals surface area contributed by atoms with Crippen molar-refractivity contribution >= 4 is 6.21 Å². The fourth-order valence-electron chi connectivity index (χ4n) is 1.06. The molecule has 0 bridgehead atoms. The highest BCUT2D eigenvalue weighted by atomic mass is 14.7. The Bertz CT molecular complexity index is 199. The molecule has 0 saturated carbocycles. The van der Waals surface area contributed by atoms with E-state index in [4.69, 9.17) is 0 Å². The van der Waals surface area contributed by atoms with Crippen molar-refractivity contribution in [3.05, 3.63) is 24.4 Å². The predicted molar refractivity (Wildman–Crippen MR) is 61.1 cm³/mol. The monoisotopic (exact) mass is 179 g/mol. The molecule has 0 aliphatic rings. The SMILES string of the molecule is C=CC(C)C/C(=C\N=C/C)C(C)C. The van der Waals surface area contributed by atoms with Gasteiger partial charge in [0.25, 0.3) is 0 Å². The van der Waals surface area contributed by atoms with E-state index in [0.29, 0.717) is 11.8 Å². The van der Waals surface area contributed by atoms with Gasteiger partial charge in [0.1, 0.15) is 0 Å². The second-order valence-corrected chi connectivity index (χ2v) is 3.68. The first-order valence-corrected chi connectivity index (χ1v) is 4.91. The maximum Gasteiger partial charge on any atom is 0.0258 e. The highest BCUT2D eigenvalue weighted by Crippen LogP contribution is 2.19. The topological polar surface area (TPSA) is 12.4 Å². The lowest BCUT2D eigenvalue weighted by atomic mass is 9.94. The Morgan fingerprint density at radius 1 is 1.38 bits per heavy atom. The highest BCUT2D eigenvalue weighted by Gasteiger charge is 2.05. The molecule has 0 saturated heterocycles. The van der Waals surface area contributed by atoms with E-state index >= 15 is 0 Å². The number of hydrogen-bond donors (Lipinski definition) is 0. The maximum atomic E-state index is 4.16. The first kappa shape index (κ1) is 12.2. The molecule has 0 rings (SSSR count). The summed E-state index contributed by atoms with van der Waals surface area (Å²) in [6, 6.07) is 0. The van der Waals surface area contributed by atoms with Crippen LogP contribution >= 0.6 is 0 Å². The van der Waals surface area contributed by atoms with Gasteiger partial charge in [-0.15, -0.1) is 6.58 Å². The lowest BCUT2D eigenvalue weighted by Gasteiger charge is -2.12. The van der Waals surface area contributed by atoms with Gasteiger partial charge in [-0.1, -0.05) is 26.8 Å². The number of nitrogens with zero attached hydrogens (tertiary/aromatic N) is 1. The molecule has 0 aromatic rings. The van der Waals surface area contributed by atoms with Gasteiger partial charge in [-0.25, -0.2) is 0 Å². The van der Waals surface area contributed by atoms with Crippen molar-refractivity contribution < 1.29 is 0 Å². The third kappa shape index (κ3) is 5.40. The van der Waals surface area contributed by atoms with Gasteiger partial charge in [-0.3, -0.25) is 4.99 Å². The van der Waals surface area contributed by atoms with Crippen LogP contribution in [0.25, 0.3) is 0 Å². The summed E-state index contributed by atoms with van der Waals surface area (Å²) in [6.07, 6.45) is 6.86. The quantitative estimate of drug-likeness (QED) is 0.449. The maximum absolute atomic E-state index is 4.16. The summed E-state index contributed by atoms with van der Waals surface area (Å²) in [6.45, 7) is 12.3. The van der Waals surface area contributed by atoms with E-state index in [1.807, 2.05) is 25.4 Å². The molecule has 0 amide bonds. The van der Waals surface area contributed by atoms with Crippen molar-refractivity contribution in [2.75, 3.05) is 0 Å². The molecule has 0 heterocycles. The Morgan fingerprint density at radius 2 is 2.00 bits per heavy atom. The zero-order valence-corrected chi connectivity index (χ0v) is 9.25. The van der Waals surface area contributed by atoms with Crippen molar-refractivity contribution in [1.82, 2.24) is 0 Å². The standard InChI is InChI=1S/C12H21N/c1-6-11(5)8-12(10(3)4)9-13-7-2/h6-7,9-11H,1,8H2,2-5H3/b12-9+,13-7-. The van der Waals surface area contributed by atoms with E-state index in [9.17, 15) is 0 Å². The molecule has 0 aliphatic carbocycles. The van der Waals surface area contributed by atoms with Gasteiger partial charge in [-0.05, 0) is 30.8 Å². The second kappa shape index (κ2) is 6.64. The van der Waals surface area contributed by atoms with Crippen LogP contribution in [0.4, 0.5) is 0 Å². The number of rotatable bonds is 5. The van der Waals surface area contributed by atoms with Crippen LogP contribution < -0.4 is 0 Å². The third-order valence-electron chi connectivity index (χ3n) is 2.09. The first-order valence-electron chi connectivity index (χ1n) is 4.91. The summed E-state index contributed by atoms with van der Waals surface area (Å²) in [4.78, 5) is 4.16. The fourth-order valence-corrected chi connectivity index (χ4v) is 1.06. The number of hydrogen-bond acceptors (Lipinski definition) is 1. The van der Waals surface area contributed by atoms with Crippen LogP contribution in [0.5, 0.6) is 0 Å². The van der Waals surface area contributed by atoms with Gasteiger partial charge < -0.3 is 0 Å². The van der Waals surface area contributed by atoms with Crippen LogP contribution in [-0.4, -0.2) is 6.21 Å². The average Bonchev–Trinajstić information content (AvgIpc) is 2.11. The summed E-state index contributed by atoms with van der Waals surface area (Å²) in [5.41, 5.74) is 1.39. The molecule has 1 nitrogen and oxygen atoms in total. The normalized spacial score (nSPS) is 15.3. The Balaban J connectivity index is 4.34. The van der Waals surface area contributed by atoms with Crippen molar-refractivity contribution in [2.45, 2.75) is 34.1 Å². The summed E-state index contributed by atoms with van der Waals surface area (Å²) in [5.74, 6) is 1.12. The molecule has 1 heteroatoms. The first-order chi connectivity index (χ1) is 6.11. The minimum absolute atomic E-state index is 0.542. The predicted octanol–water partition coefficient (Wildman–Crippen LogP) is 3.83. The zero-order chi connectivity index (χ0) is 10.3. The Hall–Kier alpha value is -0.850. The lowest BCUT2D eigenvalue weighted by molar-refractivity contribution is 0.630. The summed E-state index contributed by atoms with van der Waals surface area (Å²) in [7, 11) is 0. The lowest BCUT2D eigenvalue weighted by Crippen LogP contribution is -1.99. The van der Waals surface area contributed by atoms with Crippen molar-refractivity contribution in [3.63, 3.8) is 0 Å². The van der Waals surface area contributed by atoms with Gasteiger partial charge in [0.05, 0.1) is 0 Å². The molecule has 13 heavy (non-hydrogen) atoms. The van der Waals surface area contributed by atoms with Gasteiger partial charge in [-0.2, -0.15) is 0 Å². The molecule has 0 N–H and O–H groups in total. The Labute approximate surface area is 82.3 Å². The van der Waals surface area contributed by atoms with Crippen molar-refractivity contribution in [2.24, 2.45) is 16.8 Å². The average molecular weight is 179 g/mol. The fraction of sp³-hybridized carbons (Fsp3) is 0.583. The molecule has 0 fully saturated rings. The molecule has 1 atom stereocenters. The van der Waals surface area contributed by atoms with Gasteiger partial charge in [0, 0.05) is 12.4 Å². The third-order valence-corrected chi connectivity index (χ3v) is 2.09. The summed E-state index contributed by atoms with van der Waals surface area (Å²) >= 11 is 0. The number of aliphatic imine (C=N–C) groups is 1. The second-order valence-electron chi connectivity index (χ2n) is 3.68. The van der Waals surface area contributed by atoms with Gasteiger partial charge in [0.15, 0.2) is 0 Å². The molecule has 0 aliphatic heterocycles. The highest BCUT2D eigenvalue weighted by molar-refractivity contribution is 5.54. The molecule has 0 spiro atoms.